The first-order valence-corrected chi connectivity index (χ1v) is 5.97. The summed E-state index contributed by atoms with van der Waals surface area (Å²) in [5.41, 5.74) is 1.22. The Morgan fingerprint density at radius 2 is 2.32 bits per heavy atom. The van der Waals surface area contributed by atoms with Crippen molar-refractivity contribution < 1.29 is 14.1 Å². The van der Waals surface area contributed by atoms with E-state index in [-0.39, 0.29) is 12.5 Å². The first kappa shape index (κ1) is 11.8. The summed E-state index contributed by atoms with van der Waals surface area (Å²) in [6.07, 6.45) is 1.64. The summed E-state index contributed by atoms with van der Waals surface area (Å²) < 4.78 is 9.90. The molecule has 8 heteroatoms. The van der Waals surface area contributed by atoms with Crippen LogP contribution in [0.2, 0.25) is 0 Å². The predicted octanol–water partition coefficient (Wildman–Crippen LogP) is 0.282. The van der Waals surface area contributed by atoms with Gasteiger partial charge in [0.25, 0.3) is 11.8 Å². The second-order valence-corrected chi connectivity index (χ2v) is 4.22. The molecule has 0 spiro atoms. The average molecular weight is 263 g/mol. The zero-order valence-corrected chi connectivity index (χ0v) is 10.4. The summed E-state index contributed by atoms with van der Waals surface area (Å²) in [6, 6.07) is 0. The molecule has 0 bridgehead atoms. The van der Waals surface area contributed by atoms with Gasteiger partial charge in [-0.2, -0.15) is 4.98 Å². The van der Waals surface area contributed by atoms with Crippen LogP contribution in [0.1, 0.15) is 28.5 Å². The van der Waals surface area contributed by atoms with Gasteiger partial charge in [0.1, 0.15) is 12.3 Å². The molecule has 1 aliphatic heterocycles. The molecule has 2 aromatic rings. The number of nitrogens with zero attached hydrogens (tertiary/aromatic N) is 3. The Hall–Kier alpha value is -2.22. The molecule has 0 aliphatic carbocycles. The Balaban J connectivity index is 1.93. The second kappa shape index (κ2) is 4.81. The van der Waals surface area contributed by atoms with E-state index in [1.165, 1.54) is 0 Å². The van der Waals surface area contributed by atoms with Gasteiger partial charge in [0, 0.05) is 19.3 Å². The summed E-state index contributed by atoms with van der Waals surface area (Å²) in [5, 5.41) is 6.59. The van der Waals surface area contributed by atoms with E-state index in [1.807, 2.05) is 0 Å². The van der Waals surface area contributed by atoms with Gasteiger partial charge in [-0.25, -0.2) is 4.98 Å². The number of carbonyl (C=O) groups excluding carboxylic acids is 1. The predicted molar refractivity (Wildman–Crippen MR) is 63.2 cm³/mol. The van der Waals surface area contributed by atoms with Gasteiger partial charge in [0.05, 0.1) is 0 Å². The summed E-state index contributed by atoms with van der Waals surface area (Å²) in [4.78, 5) is 23.2. The van der Waals surface area contributed by atoms with Crippen molar-refractivity contribution in [2.45, 2.75) is 19.4 Å². The Morgan fingerprint density at radius 3 is 3.16 bits per heavy atom. The number of aryl methyl sites for hydroxylation is 1. The first-order chi connectivity index (χ1) is 9.28. The number of carbonyl (C=O) groups is 1. The van der Waals surface area contributed by atoms with E-state index in [4.69, 9.17) is 9.26 Å². The molecule has 1 aliphatic rings. The van der Waals surface area contributed by atoms with Crippen LogP contribution < -0.4 is 5.32 Å². The topological polar surface area (TPSA) is 106 Å². The van der Waals surface area contributed by atoms with Crippen molar-refractivity contribution in [3.8, 4) is 11.6 Å². The fourth-order valence-corrected chi connectivity index (χ4v) is 1.97. The highest BCUT2D eigenvalue weighted by Gasteiger charge is 2.22. The minimum absolute atomic E-state index is 0.171. The van der Waals surface area contributed by atoms with E-state index >= 15 is 0 Å². The number of amides is 1. The number of ether oxygens (including phenoxy) is 1. The van der Waals surface area contributed by atoms with Crippen molar-refractivity contribution in [3.63, 3.8) is 0 Å². The number of methoxy groups -OCH3 is 1. The standard InChI is InChI=1S/C11H13N5O3/c1-18-5-7-14-10(16-19-7)9-13-6-3-2-4-12-11(17)8(6)15-9/h2-5H2,1H3,(H,12,17)(H,13,15). The Kier molecular flexibility index (Phi) is 3.00. The number of hydrogen-bond donors (Lipinski definition) is 2. The maximum Gasteiger partial charge on any atom is 0.271 e. The highest BCUT2D eigenvalue weighted by molar-refractivity contribution is 5.94. The van der Waals surface area contributed by atoms with Crippen LogP contribution in [0.25, 0.3) is 11.6 Å². The first-order valence-electron chi connectivity index (χ1n) is 5.97. The molecule has 3 rings (SSSR count). The third-order valence-corrected chi connectivity index (χ3v) is 2.83. The van der Waals surface area contributed by atoms with Crippen LogP contribution in [0.15, 0.2) is 4.52 Å². The highest BCUT2D eigenvalue weighted by atomic mass is 16.5. The van der Waals surface area contributed by atoms with E-state index in [2.05, 4.69) is 25.4 Å². The van der Waals surface area contributed by atoms with Gasteiger partial charge < -0.3 is 19.6 Å². The summed E-state index contributed by atoms with van der Waals surface area (Å²) in [6.45, 7) is 0.909. The molecule has 0 atom stereocenters. The van der Waals surface area contributed by atoms with Gasteiger partial charge in [-0.3, -0.25) is 4.79 Å². The number of rotatable bonds is 3. The summed E-state index contributed by atoms with van der Waals surface area (Å²) in [7, 11) is 1.54. The van der Waals surface area contributed by atoms with Gasteiger partial charge in [-0.05, 0) is 12.8 Å². The lowest BCUT2D eigenvalue weighted by atomic mass is 10.2. The largest absolute Gasteiger partial charge is 0.375 e. The molecule has 0 fully saturated rings. The molecule has 0 saturated heterocycles. The van der Waals surface area contributed by atoms with Gasteiger partial charge in [-0.1, -0.05) is 5.16 Å². The van der Waals surface area contributed by atoms with Crippen LogP contribution in [0.3, 0.4) is 0 Å². The van der Waals surface area contributed by atoms with Gasteiger partial charge in [0.15, 0.2) is 5.82 Å². The SMILES string of the molecule is COCc1nc(-c2nc3c([nH]2)CCCNC3=O)no1. The van der Waals surface area contributed by atoms with Crippen molar-refractivity contribution in [1.29, 1.82) is 0 Å². The number of hydrogen-bond acceptors (Lipinski definition) is 6. The number of H-pyrrole nitrogens is 1. The van der Waals surface area contributed by atoms with Crippen molar-refractivity contribution in [1.82, 2.24) is 25.4 Å². The van der Waals surface area contributed by atoms with Gasteiger partial charge >= 0.3 is 0 Å². The third kappa shape index (κ3) is 2.22. The number of aromatic nitrogens is 4. The Bertz CT molecular complexity index is 603. The Labute approximate surface area is 108 Å². The lowest BCUT2D eigenvalue weighted by Gasteiger charge is -1.95. The molecule has 0 unspecified atom stereocenters. The molecule has 0 radical (unpaired) electrons. The fourth-order valence-electron chi connectivity index (χ4n) is 1.97. The minimum atomic E-state index is -0.171. The van der Waals surface area contributed by atoms with Crippen LogP contribution in [0.4, 0.5) is 0 Å². The molecule has 1 amide bonds. The number of aromatic amines is 1. The lowest BCUT2D eigenvalue weighted by molar-refractivity contribution is 0.0951. The fraction of sp³-hybridized carbons (Fsp3) is 0.455. The molecule has 100 valence electrons. The average Bonchev–Trinajstić information content (AvgIpc) is 2.98. The van der Waals surface area contributed by atoms with Crippen LogP contribution in [0.5, 0.6) is 0 Å². The monoisotopic (exact) mass is 263 g/mol. The zero-order chi connectivity index (χ0) is 13.2. The number of nitrogens with one attached hydrogen (secondary N) is 2. The van der Waals surface area contributed by atoms with Crippen molar-refractivity contribution >= 4 is 5.91 Å². The van der Waals surface area contributed by atoms with Gasteiger partial charge in [0.2, 0.25) is 5.82 Å². The van der Waals surface area contributed by atoms with E-state index in [9.17, 15) is 4.79 Å². The van der Waals surface area contributed by atoms with Crippen molar-refractivity contribution in [3.05, 3.63) is 17.3 Å². The molecular formula is C11H13N5O3. The third-order valence-electron chi connectivity index (χ3n) is 2.83. The summed E-state index contributed by atoms with van der Waals surface area (Å²) >= 11 is 0. The number of fused-ring (bicyclic) bond motifs is 1. The van der Waals surface area contributed by atoms with Crippen molar-refractivity contribution in [2.75, 3.05) is 13.7 Å². The molecule has 0 saturated carbocycles. The smallest absolute Gasteiger partial charge is 0.271 e. The van der Waals surface area contributed by atoms with E-state index in [0.29, 0.717) is 29.8 Å². The quantitative estimate of drug-likeness (QED) is 0.824. The molecular weight excluding hydrogens is 250 g/mol. The molecule has 0 aromatic carbocycles. The molecule has 8 nitrogen and oxygen atoms in total. The van der Waals surface area contributed by atoms with Crippen LogP contribution in [0, 0.1) is 0 Å². The molecule has 3 heterocycles. The molecule has 2 N–H and O–H groups in total. The second-order valence-electron chi connectivity index (χ2n) is 4.22. The maximum atomic E-state index is 11.8. The van der Waals surface area contributed by atoms with E-state index < -0.39 is 0 Å². The van der Waals surface area contributed by atoms with E-state index in [1.54, 1.807) is 7.11 Å². The van der Waals surface area contributed by atoms with Crippen LogP contribution in [-0.4, -0.2) is 39.7 Å². The van der Waals surface area contributed by atoms with Crippen LogP contribution in [-0.2, 0) is 17.8 Å². The van der Waals surface area contributed by atoms with Crippen LogP contribution >= 0.6 is 0 Å². The normalized spacial score (nSPS) is 14.9. The lowest BCUT2D eigenvalue weighted by Crippen LogP contribution is -2.23. The van der Waals surface area contributed by atoms with Crippen molar-refractivity contribution in [2.24, 2.45) is 0 Å². The number of imidazole rings is 1. The highest BCUT2D eigenvalue weighted by Crippen LogP contribution is 2.18. The van der Waals surface area contributed by atoms with E-state index in [0.717, 1.165) is 18.5 Å². The summed E-state index contributed by atoms with van der Waals surface area (Å²) in [5.74, 6) is 0.963. The minimum Gasteiger partial charge on any atom is -0.375 e. The molecule has 2 aromatic heterocycles. The maximum absolute atomic E-state index is 11.8. The van der Waals surface area contributed by atoms with Gasteiger partial charge in [-0.15, -0.1) is 0 Å². The molecule has 19 heavy (non-hydrogen) atoms. The zero-order valence-electron chi connectivity index (χ0n) is 10.4. The Morgan fingerprint density at radius 1 is 1.42 bits per heavy atom.